The summed E-state index contributed by atoms with van der Waals surface area (Å²) in [5, 5.41) is 25.0. The molecule has 1 aromatic rings. The van der Waals surface area contributed by atoms with Gasteiger partial charge < -0.3 is 30.8 Å². The van der Waals surface area contributed by atoms with E-state index in [9.17, 15) is 14.3 Å². The van der Waals surface area contributed by atoms with Gasteiger partial charge in [0.1, 0.15) is 29.6 Å². The number of halogens is 2. The SMILES string of the molecule is CC1=N/C(=C2\CN(C(=O)c3ccc(F)cc3O[C@@H]3CNC[C@H]3O)CC2=N)NC(C)=C1Cl. The number of benzene rings is 1. The highest BCUT2D eigenvalue weighted by atomic mass is 35.5. The average Bonchev–Trinajstić information content (AvgIpc) is 3.31. The minimum Gasteiger partial charge on any atom is -0.485 e. The first kappa shape index (κ1) is 21.5. The van der Waals surface area contributed by atoms with Crippen molar-refractivity contribution < 1.29 is 19.0 Å². The Morgan fingerprint density at radius 1 is 1.35 bits per heavy atom. The minimum absolute atomic E-state index is 0.0700. The largest absolute Gasteiger partial charge is 0.485 e. The number of nitrogens with zero attached hydrogens (tertiary/aromatic N) is 2. The third-order valence-electron chi connectivity index (χ3n) is 5.45. The lowest BCUT2D eigenvalue weighted by Crippen LogP contribution is -2.32. The maximum absolute atomic E-state index is 13.9. The van der Waals surface area contributed by atoms with E-state index in [1.807, 2.05) is 6.92 Å². The van der Waals surface area contributed by atoms with E-state index >= 15 is 0 Å². The van der Waals surface area contributed by atoms with E-state index in [0.717, 1.165) is 11.8 Å². The van der Waals surface area contributed by atoms with Crippen LogP contribution in [0.3, 0.4) is 0 Å². The molecule has 2 atom stereocenters. The summed E-state index contributed by atoms with van der Waals surface area (Å²) in [6.07, 6.45) is -1.32. The van der Waals surface area contributed by atoms with Gasteiger partial charge >= 0.3 is 0 Å². The van der Waals surface area contributed by atoms with Gasteiger partial charge in [0.25, 0.3) is 5.91 Å². The van der Waals surface area contributed by atoms with E-state index in [0.29, 0.717) is 35.2 Å². The number of aliphatic imine (C=N–C) groups is 1. The molecule has 0 saturated carbocycles. The van der Waals surface area contributed by atoms with Crippen LogP contribution in [0, 0.1) is 11.2 Å². The molecule has 0 aromatic heterocycles. The second-order valence-electron chi connectivity index (χ2n) is 7.75. The van der Waals surface area contributed by atoms with Crippen molar-refractivity contribution in [2.75, 3.05) is 26.2 Å². The van der Waals surface area contributed by atoms with Crippen molar-refractivity contribution in [2.45, 2.75) is 26.1 Å². The van der Waals surface area contributed by atoms with Crippen LogP contribution in [-0.4, -0.2) is 65.7 Å². The van der Waals surface area contributed by atoms with Crippen molar-refractivity contribution in [1.29, 1.82) is 5.41 Å². The highest BCUT2D eigenvalue weighted by Gasteiger charge is 2.33. The number of β-amino-alcohol motifs (C(OH)–C–C–N with tert-alkyl or cyclic N) is 1. The Hall–Kier alpha value is -2.75. The standard InChI is InChI=1S/C21H23ClFN5O3/c1-10-19(22)11(2)27-20(26-10)14-8-28(9-15(14)24)21(30)13-4-3-12(23)5-17(13)31-18-7-25-6-16(18)29/h3-5,16,18,24-26,29H,6-9H2,1-2H3/b20-14+,24-15?/t16-,18-/m1/s1. The number of ether oxygens (including phenoxy) is 1. The predicted molar refractivity (Wildman–Crippen MR) is 115 cm³/mol. The monoisotopic (exact) mass is 447 g/mol. The molecular formula is C21H23ClFN5O3. The normalized spacial score (nSPS) is 26.3. The van der Waals surface area contributed by atoms with Crippen LogP contribution in [-0.2, 0) is 0 Å². The van der Waals surface area contributed by atoms with Gasteiger partial charge in [-0.2, -0.15) is 0 Å². The number of aliphatic hydroxyl groups excluding tert-OH is 1. The van der Waals surface area contributed by atoms with Crippen LogP contribution in [0.2, 0.25) is 0 Å². The second-order valence-corrected chi connectivity index (χ2v) is 8.13. The van der Waals surface area contributed by atoms with Gasteiger partial charge in [-0.05, 0) is 26.0 Å². The fourth-order valence-corrected chi connectivity index (χ4v) is 3.84. The molecule has 0 radical (unpaired) electrons. The number of carbonyl (C=O) groups excluding carboxylic acids is 1. The minimum atomic E-state index is -0.746. The van der Waals surface area contributed by atoms with Crippen LogP contribution >= 0.6 is 11.6 Å². The smallest absolute Gasteiger partial charge is 0.258 e. The lowest BCUT2D eigenvalue weighted by atomic mass is 10.1. The van der Waals surface area contributed by atoms with Gasteiger partial charge in [0.2, 0.25) is 0 Å². The summed E-state index contributed by atoms with van der Waals surface area (Å²) in [5.74, 6) is -0.368. The number of allylic oxidation sites excluding steroid dienone is 2. The topological polar surface area (TPSA) is 110 Å². The number of carbonyl (C=O) groups is 1. The van der Waals surface area contributed by atoms with Gasteiger partial charge in [0.05, 0.1) is 35.1 Å². The fraction of sp³-hybridized carbons (Fsp3) is 0.381. The van der Waals surface area contributed by atoms with Gasteiger partial charge in [0.15, 0.2) is 0 Å². The van der Waals surface area contributed by atoms with Crippen LogP contribution < -0.4 is 15.4 Å². The Morgan fingerprint density at radius 2 is 2.13 bits per heavy atom. The number of aliphatic hydroxyl groups is 1. The molecular weight excluding hydrogens is 425 g/mol. The van der Waals surface area contributed by atoms with Crippen LogP contribution in [0.25, 0.3) is 0 Å². The Bertz CT molecular complexity index is 1050. The molecule has 1 aromatic carbocycles. The average molecular weight is 448 g/mol. The maximum atomic E-state index is 13.9. The molecule has 0 unspecified atom stereocenters. The van der Waals surface area contributed by atoms with E-state index in [1.165, 1.54) is 17.0 Å². The van der Waals surface area contributed by atoms with Crippen LogP contribution in [0.1, 0.15) is 24.2 Å². The molecule has 0 bridgehead atoms. The number of hydrogen-bond acceptors (Lipinski definition) is 7. The molecule has 0 aliphatic carbocycles. The maximum Gasteiger partial charge on any atom is 0.258 e. The molecule has 4 rings (SSSR count). The van der Waals surface area contributed by atoms with Crippen molar-refractivity contribution in [3.8, 4) is 5.75 Å². The number of likely N-dealkylation sites (tertiary alicyclic amines) is 1. The molecule has 31 heavy (non-hydrogen) atoms. The zero-order valence-corrected chi connectivity index (χ0v) is 17.9. The number of rotatable bonds is 3. The highest BCUT2D eigenvalue weighted by molar-refractivity contribution is 6.43. The van der Waals surface area contributed by atoms with Crippen molar-refractivity contribution >= 4 is 28.9 Å². The molecule has 8 nitrogen and oxygen atoms in total. The number of hydrogen-bond donors (Lipinski definition) is 4. The summed E-state index contributed by atoms with van der Waals surface area (Å²) in [6, 6.07) is 3.70. The first-order chi connectivity index (χ1) is 14.7. The zero-order valence-electron chi connectivity index (χ0n) is 17.1. The van der Waals surface area contributed by atoms with Crippen LogP contribution in [0.4, 0.5) is 4.39 Å². The van der Waals surface area contributed by atoms with E-state index in [1.54, 1.807) is 6.92 Å². The molecule has 164 valence electrons. The molecule has 3 aliphatic heterocycles. The van der Waals surface area contributed by atoms with E-state index in [4.69, 9.17) is 21.7 Å². The van der Waals surface area contributed by atoms with Crippen molar-refractivity contribution in [3.63, 3.8) is 0 Å². The van der Waals surface area contributed by atoms with Crippen LogP contribution in [0.15, 0.2) is 45.3 Å². The molecule has 4 N–H and O–H groups in total. The summed E-state index contributed by atoms with van der Waals surface area (Å²) in [5.41, 5.74) is 2.40. The fourth-order valence-electron chi connectivity index (χ4n) is 3.75. The summed E-state index contributed by atoms with van der Waals surface area (Å²) in [6.45, 7) is 4.63. The second kappa shape index (κ2) is 8.41. The summed E-state index contributed by atoms with van der Waals surface area (Å²) in [7, 11) is 0. The molecule has 10 heteroatoms. The van der Waals surface area contributed by atoms with E-state index in [-0.39, 0.29) is 30.1 Å². The van der Waals surface area contributed by atoms with Gasteiger partial charge in [-0.15, -0.1) is 0 Å². The third-order valence-corrected chi connectivity index (χ3v) is 6.01. The molecule has 3 aliphatic rings. The quantitative estimate of drug-likeness (QED) is 0.564. The van der Waals surface area contributed by atoms with Crippen molar-refractivity contribution in [2.24, 2.45) is 4.99 Å². The summed E-state index contributed by atoms with van der Waals surface area (Å²) in [4.78, 5) is 19.1. The Kier molecular flexibility index (Phi) is 5.83. The van der Waals surface area contributed by atoms with Gasteiger partial charge in [0, 0.05) is 30.4 Å². The molecule has 3 heterocycles. The van der Waals surface area contributed by atoms with Crippen LogP contribution in [0.5, 0.6) is 5.75 Å². The van der Waals surface area contributed by atoms with Crippen molar-refractivity contribution in [3.05, 3.63) is 51.7 Å². The zero-order chi connectivity index (χ0) is 22.3. The Morgan fingerprint density at radius 3 is 2.81 bits per heavy atom. The summed E-state index contributed by atoms with van der Waals surface area (Å²) < 4.78 is 19.6. The molecule has 2 saturated heterocycles. The molecule has 0 spiro atoms. The van der Waals surface area contributed by atoms with Crippen molar-refractivity contribution in [1.82, 2.24) is 15.5 Å². The summed E-state index contributed by atoms with van der Waals surface area (Å²) >= 11 is 6.17. The Balaban J connectivity index is 1.59. The predicted octanol–water partition coefficient (Wildman–Crippen LogP) is 1.76. The number of nitrogens with one attached hydrogen (secondary N) is 3. The molecule has 2 fully saturated rings. The van der Waals surface area contributed by atoms with Gasteiger partial charge in [-0.25, -0.2) is 9.38 Å². The number of amides is 1. The first-order valence-electron chi connectivity index (χ1n) is 9.89. The lowest BCUT2D eigenvalue weighted by molar-refractivity contribution is 0.0687. The third kappa shape index (κ3) is 4.21. The molecule has 1 amide bonds. The van der Waals surface area contributed by atoms with E-state index < -0.39 is 23.9 Å². The first-order valence-corrected chi connectivity index (χ1v) is 10.3. The van der Waals surface area contributed by atoms with Gasteiger partial charge in [-0.1, -0.05) is 11.6 Å². The highest BCUT2D eigenvalue weighted by Crippen LogP contribution is 2.28. The Labute approximate surface area is 183 Å². The van der Waals surface area contributed by atoms with Gasteiger partial charge in [-0.3, -0.25) is 4.79 Å². The van der Waals surface area contributed by atoms with E-state index in [2.05, 4.69) is 15.6 Å². The lowest BCUT2D eigenvalue weighted by Gasteiger charge is -2.21.